The first-order valence-electron chi connectivity index (χ1n) is 7.37. The van der Waals surface area contributed by atoms with Crippen LogP contribution < -0.4 is 4.74 Å². The average molecular weight is 280 g/mol. The van der Waals surface area contributed by atoms with Crippen LogP contribution in [0.5, 0.6) is 5.75 Å². The molecule has 1 atom stereocenters. The van der Waals surface area contributed by atoms with E-state index >= 15 is 0 Å². The number of para-hydroxylation sites is 1. The minimum Gasteiger partial charge on any atom is -0.493 e. The largest absolute Gasteiger partial charge is 0.493 e. The Kier molecular flexibility index (Phi) is 6.30. The Bertz CT molecular complexity index is 388. The fourth-order valence-electron chi connectivity index (χ4n) is 2.44. The lowest BCUT2D eigenvalue weighted by molar-refractivity contribution is -0.0323. The summed E-state index contributed by atoms with van der Waals surface area (Å²) in [5.74, 6) is 1.32. The van der Waals surface area contributed by atoms with Crippen LogP contribution in [-0.4, -0.2) is 38.1 Å². The molecule has 1 N–H and O–H groups in total. The Morgan fingerprint density at radius 2 is 2.05 bits per heavy atom. The Hall–Kier alpha value is -1.10. The summed E-state index contributed by atoms with van der Waals surface area (Å²) in [6.45, 7) is 4.81. The van der Waals surface area contributed by atoms with Crippen molar-refractivity contribution in [3.63, 3.8) is 0 Å². The zero-order valence-corrected chi connectivity index (χ0v) is 12.1. The average Bonchev–Trinajstić information content (AvgIpc) is 2.51. The molecular formula is C16H24O4. The Labute approximate surface area is 120 Å². The summed E-state index contributed by atoms with van der Waals surface area (Å²) in [5, 5.41) is 9.60. The van der Waals surface area contributed by atoms with Crippen molar-refractivity contribution < 1.29 is 19.3 Å². The van der Waals surface area contributed by atoms with E-state index in [4.69, 9.17) is 14.2 Å². The molecule has 0 unspecified atom stereocenters. The van der Waals surface area contributed by atoms with Crippen molar-refractivity contribution in [1.29, 1.82) is 0 Å². The van der Waals surface area contributed by atoms with Gasteiger partial charge in [-0.05, 0) is 31.7 Å². The number of aliphatic hydroxyl groups is 1. The highest BCUT2D eigenvalue weighted by molar-refractivity contribution is 5.35. The third-order valence-electron chi connectivity index (χ3n) is 3.61. The molecule has 0 radical (unpaired) electrons. The molecule has 1 aliphatic heterocycles. The molecule has 1 aliphatic rings. The van der Waals surface area contributed by atoms with Gasteiger partial charge in [-0.2, -0.15) is 0 Å². The standard InChI is InChI=1S/C16H24O4/c1-2-19-15-6-4-3-5-14(15)16(11-17)20-12-13-7-9-18-10-8-13/h3-6,13,16-17H,2,7-12H2,1H3/t16-/m0/s1. The highest BCUT2D eigenvalue weighted by atomic mass is 16.5. The molecule has 0 aromatic heterocycles. The van der Waals surface area contributed by atoms with Crippen LogP contribution in [0.2, 0.25) is 0 Å². The summed E-state index contributed by atoms with van der Waals surface area (Å²) in [6.07, 6.45) is 1.75. The van der Waals surface area contributed by atoms with Crippen molar-refractivity contribution in [1.82, 2.24) is 0 Å². The molecule has 1 heterocycles. The monoisotopic (exact) mass is 280 g/mol. The van der Waals surface area contributed by atoms with Gasteiger partial charge in [0, 0.05) is 18.8 Å². The summed E-state index contributed by atoms with van der Waals surface area (Å²) >= 11 is 0. The van der Waals surface area contributed by atoms with Crippen LogP contribution in [0.15, 0.2) is 24.3 Å². The van der Waals surface area contributed by atoms with Gasteiger partial charge in [0.2, 0.25) is 0 Å². The molecule has 0 amide bonds. The first kappa shape index (κ1) is 15.3. The minimum absolute atomic E-state index is 0.0344. The predicted octanol–water partition coefficient (Wildman–Crippen LogP) is 2.56. The van der Waals surface area contributed by atoms with Crippen molar-refractivity contribution in [2.45, 2.75) is 25.9 Å². The number of rotatable bonds is 7. The van der Waals surface area contributed by atoms with Crippen molar-refractivity contribution in [3.8, 4) is 5.75 Å². The second-order valence-corrected chi connectivity index (χ2v) is 5.03. The van der Waals surface area contributed by atoms with Gasteiger partial charge in [0.05, 0.1) is 19.8 Å². The molecule has 0 bridgehead atoms. The molecule has 20 heavy (non-hydrogen) atoms. The van der Waals surface area contributed by atoms with Crippen LogP contribution in [0.25, 0.3) is 0 Å². The molecule has 112 valence electrons. The Balaban J connectivity index is 1.96. The normalized spacial score (nSPS) is 17.9. The zero-order valence-electron chi connectivity index (χ0n) is 12.1. The molecule has 1 aromatic carbocycles. The molecular weight excluding hydrogens is 256 g/mol. The Morgan fingerprint density at radius 3 is 2.75 bits per heavy atom. The van der Waals surface area contributed by atoms with E-state index in [2.05, 4.69) is 0 Å². The minimum atomic E-state index is -0.319. The topological polar surface area (TPSA) is 47.9 Å². The summed E-state index contributed by atoms with van der Waals surface area (Å²) in [4.78, 5) is 0. The van der Waals surface area contributed by atoms with E-state index in [9.17, 15) is 5.11 Å². The van der Waals surface area contributed by atoms with E-state index in [0.29, 0.717) is 19.1 Å². The van der Waals surface area contributed by atoms with Crippen LogP contribution in [0.4, 0.5) is 0 Å². The van der Waals surface area contributed by atoms with Crippen molar-refractivity contribution >= 4 is 0 Å². The van der Waals surface area contributed by atoms with Gasteiger partial charge in [0.25, 0.3) is 0 Å². The van der Waals surface area contributed by atoms with Gasteiger partial charge in [-0.15, -0.1) is 0 Å². The van der Waals surface area contributed by atoms with Crippen molar-refractivity contribution in [2.24, 2.45) is 5.92 Å². The lowest BCUT2D eigenvalue weighted by atomic mass is 10.0. The van der Waals surface area contributed by atoms with Crippen molar-refractivity contribution in [3.05, 3.63) is 29.8 Å². The Morgan fingerprint density at radius 1 is 1.30 bits per heavy atom. The number of benzene rings is 1. The predicted molar refractivity (Wildman–Crippen MR) is 76.9 cm³/mol. The number of hydrogen-bond acceptors (Lipinski definition) is 4. The second kappa shape index (κ2) is 8.25. The zero-order chi connectivity index (χ0) is 14.2. The molecule has 0 spiro atoms. The number of ether oxygens (including phenoxy) is 3. The summed E-state index contributed by atoms with van der Waals surface area (Å²) in [6, 6.07) is 7.74. The van der Waals surface area contributed by atoms with Gasteiger partial charge in [-0.1, -0.05) is 18.2 Å². The van der Waals surface area contributed by atoms with Gasteiger partial charge in [0.15, 0.2) is 0 Å². The van der Waals surface area contributed by atoms with E-state index in [1.807, 2.05) is 31.2 Å². The number of aliphatic hydroxyl groups excluding tert-OH is 1. The SMILES string of the molecule is CCOc1ccccc1[C@H](CO)OCC1CCOCC1. The van der Waals surface area contributed by atoms with E-state index in [1.54, 1.807) is 0 Å². The molecule has 0 aliphatic carbocycles. The molecule has 1 aromatic rings. The first-order valence-corrected chi connectivity index (χ1v) is 7.37. The summed E-state index contributed by atoms with van der Waals surface area (Å²) in [5.41, 5.74) is 0.920. The molecule has 1 saturated heterocycles. The van der Waals surface area contributed by atoms with E-state index in [1.165, 1.54) is 0 Å². The highest BCUT2D eigenvalue weighted by Gasteiger charge is 2.19. The van der Waals surface area contributed by atoms with Gasteiger partial charge in [-0.25, -0.2) is 0 Å². The number of hydrogen-bond donors (Lipinski definition) is 1. The van der Waals surface area contributed by atoms with Crippen LogP contribution in [0.1, 0.15) is 31.4 Å². The van der Waals surface area contributed by atoms with E-state index < -0.39 is 0 Å². The molecule has 1 fully saturated rings. The first-order chi connectivity index (χ1) is 9.85. The molecule has 4 nitrogen and oxygen atoms in total. The fraction of sp³-hybridized carbons (Fsp3) is 0.625. The third-order valence-corrected chi connectivity index (χ3v) is 3.61. The van der Waals surface area contributed by atoms with Crippen LogP contribution in [-0.2, 0) is 9.47 Å². The van der Waals surface area contributed by atoms with E-state index in [0.717, 1.165) is 37.4 Å². The maximum absolute atomic E-state index is 9.60. The van der Waals surface area contributed by atoms with E-state index in [-0.39, 0.29) is 12.7 Å². The summed E-state index contributed by atoms with van der Waals surface area (Å²) in [7, 11) is 0. The maximum atomic E-state index is 9.60. The lowest BCUT2D eigenvalue weighted by Crippen LogP contribution is -2.22. The molecule has 0 saturated carbocycles. The van der Waals surface area contributed by atoms with Crippen LogP contribution >= 0.6 is 0 Å². The quantitative estimate of drug-likeness (QED) is 0.834. The van der Waals surface area contributed by atoms with Crippen LogP contribution in [0.3, 0.4) is 0 Å². The molecule has 4 heteroatoms. The molecule has 2 rings (SSSR count). The summed E-state index contributed by atoms with van der Waals surface area (Å²) < 4.78 is 16.9. The van der Waals surface area contributed by atoms with Crippen molar-refractivity contribution in [2.75, 3.05) is 33.0 Å². The van der Waals surface area contributed by atoms with Crippen LogP contribution in [0, 0.1) is 5.92 Å². The lowest BCUT2D eigenvalue weighted by Gasteiger charge is -2.25. The van der Waals surface area contributed by atoms with Gasteiger partial charge < -0.3 is 19.3 Å². The maximum Gasteiger partial charge on any atom is 0.125 e. The third kappa shape index (κ3) is 4.20. The second-order valence-electron chi connectivity index (χ2n) is 5.03. The fourth-order valence-corrected chi connectivity index (χ4v) is 2.44. The highest BCUT2D eigenvalue weighted by Crippen LogP contribution is 2.28. The van der Waals surface area contributed by atoms with Gasteiger partial charge in [0.1, 0.15) is 11.9 Å². The van der Waals surface area contributed by atoms with Gasteiger partial charge >= 0.3 is 0 Å². The van der Waals surface area contributed by atoms with Gasteiger partial charge in [-0.3, -0.25) is 0 Å². The smallest absolute Gasteiger partial charge is 0.125 e.